The monoisotopic (exact) mass is 501 g/mol. The maximum absolute atomic E-state index is 13.0. The first-order valence-corrected chi connectivity index (χ1v) is 11.4. The van der Waals surface area contributed by atoms with Gasteiger partial charge in [-0.1, -0.05) is 47.5 Å². The molecule has 9 heteroatoms. The van der Waals surface area contributed by atoms with Crippen molar-refractivity contribution in [2.45, 2.75) is 24.4 Å². The molecule has 3 aromatic carbocycles. The fraction of sp³-hybridized carbons (Fsp3) is 0.200. The summed E-state index contributed by atoms with van der Waals surface area (Å²) < 4.78 is 31.3. The van der Waals surface area contributed by atoms with Gasteiger partial charge in [0.05, 0.1) is 18.7 Å². The van der Waals surface area contributed by atoms with Crippen LogP contribution in [0.4, 0.5) is 19.3 Å². The molecular weight excluding hydrogens is 483 g/mol. The van der Waals surface area contributed by atoms with Crippen LogP contribution >= 0.6 is 23.2 Å². The molecule has 3 aromatic rings. The van der Waals surface area contributed by atoms with E-state index in [1.54, 1.807) is 48.5 Å². The Morgan fingerprint density at radius 1 is 0.971 bits per heavy atom. The minimum Gasteiger partial charge on any atom is -0.484 e. The zero-order chi connectivity index (χ0) is 23.9. The Kier molecular flexibility index (Phi) is 5.91. The Morgan fingerprint density at radius 3 is 2.15 bits per heavy atom. The lowest BCUT2D eigenvalue weighted by Crippen LogP contribution is -2.30. The van der Waals surface area contributed by atoms with Crippen molar-refractivity contribution in [1.29, 1.82) is 0 Å². The van der Waals surface area contributed by atoms with Crippen LogP contribution in [0.5, 0.6) is 5.75 Å². The Morgan fingerprint density at radius 2 is 1.56 bits per heavy atom. The van der Waals surface area contributed by atoms with Gasteiger partial charge in [0.1, 0.15) is 5.75 Å². The molecule has 5 rings (SSSR count). The third-order valence-electron chi connectivity index (χ3n) is 5.71. The van der Waals surface area contributed by atoms with Crippen LogP contribution in [0.2, 0.25) is 10.0 Å². The highest BCUT2D eigenvalue weighted by Crippen LogP contribution is 2.44. The number of nitrogens with zero attached hydrogens (tertiary/aromatic N) is 2. The van der Waals surface area contributed by atoms with Crippen LogP contribution in [-0.4, -0.2) is 35.3 Å². The number of amides is 2. The second kappa shape index (κ2) is 8.89. The maximum atomic E-state index is 13.0. The number of rotatable bonds is 5. The van der Waals surface area contributed by atoms with Crippen molar-refractivity contribution in [2.75, 3.05) is 11.9 Å². The molecule has 1 N–H and O–H groups in total. The lowest BCUT2D eigenvalue weighted by atomic mass is 9.91. The first-order chi connectivity index (χ1) is 16.3. The molecular formula is C25H19Cl2F2N3O2. The number of nitrogens with one attached hydrogen (secondary N) is 1. The largest absolute Gasteiger partial charge is 0.484 e. The third kappa shape index (κ3) is 4.86. The predicted octanol–water partition coefficient (Wildman–Crippen LogP) is 6.82. The van der Waals surface area contributed by atoms with Crippen molar-refractivity contribution in [1.82, 2.24) is 5.01 Å². The molecule has 174 valence electrons. The third-order valence-corrected chi connectivity index (χ3v) is 6.22. The number of ether oxygens (including phenoxy) is 1. The fourth-order valence-electron chi connectivity index (χ4n) is 3.75. The number of hydrazone groups is 1. The molecule has 0 bridgehead atoms. The molecule has 2 atom stereocenters. The van der Waals surface area contributed by atoms with E-state index in [9.17, 15) is 13.6 Å². The first kappa shape index (κ1) is 22.6. The molecule has 1 saturated carbocycles. The van der Waals surface area contributed by atoms with E-state index in [-0.39, 0.29) is 12.3 Å². The van der Waals surface area contributed by atoms with Gasteiger partial charge in [-0.25, -0.2) is 18.6 Å². The van der Waals surface area contributed by atoms with Crippen molar-refractivity contribution in [2.24, 2.45) is 5.10 Å². The van der Waals surface area contributed by atoms with Crippen molar-refractivity contribution < 1.29 is 18.3 Å². The maximum Gasteiger partial charge on any atom is 0.342 e. The lowest BCUT2D eigenvalue weighted by molar-refractivity contribution is 0.0665. The van der Waals surface area contributed by atoms with E-state index >= 15 is 0 Å². The van der Waals surface area contributed by atoms with Crippen molar-refractivity contribution in [3.63, 3.8) is 0 Å². The summed E-state index contributed by atoms with van der Waals surface area (Å²) >= 11 is 12.1. The van der Waals surface area contributed by atoms with E-state index < -0.39 is 18.1 Å². The van der Waals surface area contributed by atoms with Crippen LogP contribution in [0.15, 0.2) is 77.9 Å². The number of hydrogen-bond acceptors (Lipinski definition) is 3. The van der Waals surface area contributed by atoms with E-state index in [2.05, 4.69) is 10.4 Å². The van der Waals surface area contributed by atoms with Crippen LogP contribution in [0, 0.1) is 0 Å². The highest BCUT2D eigenvalue weighted by molar-refractivity contribution is 6.31. The van der Waals surface area contributed by atoms with Gasteiger partial charge < -0.3 is 10.1 Å². The Balaban J connectivity index is 1.32. The number of alkyl halides is 2. The van der Waals surface area contributed by atoms with Crippen molar-refractivity contribution in [3.8, 4) is 5.75 Å². The predicted molar refractivity (Wildman–Crippen MR) is 128 cm³/mol. The molecule has 0 saturated heterocycles. The van der Waals surface area contributed by atoms with Crippen molar-refractivity contribution >= 4 is 40.6 Å². The van der Waals surface area contributed by atoms with Crippen LogP contribution in [0.25, 0.3) is 0 Å². The zero-order valence-corrected chi connectivity index (χ0v) is 19.2. The van der Waals surface area contributed by atoms with Crippen LogP contribution in [-0.2, 0) is 0 Å². The second-order valence-electron chi connectivity index (χ2n) is 8.20. The van der Waals surface area contributed by atoms with Crippen LogP contribution < -0.4 is 10.1 Å². The number of anilines is 1. The summed E-state index contributed by atoms with van der Waals surface area (Å²) in [6, 6.07) is 20.6. The van der Waals surface area contributed by atoms with Gasteiger partial charge in [-0.05, 0) is 59.7 Å². The molecule has 1 aliphatic heterocycles. The number of carbonyl (C=O) groups excluding carboxylic acids is 1. The molecule has 0 spiro atoms. The minimum atomic E-state index is -2.76. The standard InChI is InChI=1S/C25H19Cl2F2N3O2/c26-17-5-1-15(2-6-17)21-14-32(31-23(21)16-3-7-18(27)8-4-16)24(33)30-19-9-11-20(12-10-19)34-22-13-25(22,28)29/h1-12,21-22H,13-14H2,(H,30,33). The van der Waals surface area contributed by atoms with E-state index in [0.717, 1.165) is 16.8 Å². The number of halogens is 4. The first-order valence-electron chi connectivity index (χ1n) is 10.6. The minimum absolute atomic E-state index is 0.153. The van der Waals surface area contributed by atoms with E-state index in [1.807, 2.05) is 24.3 Å². The van der Waals surface area contributed by atoms with Crippen molar-refractivity contribution in [3.05, 3.63) is 94.0 Å². The molecule has 5 nitrogen and oxygen atoms in total. The van der Waals surface area contributed by atoms with Gasteiger partial charge in [0.15, 0.2) is 6.10 Å². The molecule has 1 aliphatic carbocycles. The average molecular weight is 502 g/mol. The van der Waals surface area contributed by atoms with Gasteiger partial charge in [0.25, 0.3) is 5.92 Å². The molecule has 0 aromatic heterocycles. The molecule has 1 fully saturated rings. The lowest BCUT2D eigenvalue weighted by Gasteiger charge is -2.16. The van der Waals surface area contributed by atoms with Gasteiger partial charge in [-0.2, -0.15) is 5.10 Å². The highest BCUT2D eigenvalue weighted by Gasteiger charge is 2.59. The van der Waals surface area contributed by atoms with Gasteiger partial charge in [0.2, 0.25) is 0 Å². The normalized spacial score (nSPS) is 20.6. The molecule has 34 heavy (non-hydrogen) atoms. The summed E-state index contributed by atoms with van der Waals surface area (Å²) in [5, 5.41) is 10.00. The number of hydrogen-bond donors (Lipinski definition) is 1. The summed E-state index contributed by atoms with van der Waals surface area (Å²) in [5.41, 5.74) is 3.08. The van der Waals surface area contributed by atoms with E-state index in [1.165, 1.54) is 5.01 Å². The number of urea groups is 1. The summed E-state index contributed by atoms with van der Waals surface area (Å²) in [6.07, 6.45) is -1.36. The quantitative estimate of drug-likeness (QED) is 0.417. The van der Waals surface area contributed by atoms with Gasteiger partial charge in [-0.15, -0.1) is 0 Å². The van der Waals surface area contributed by atoms with Crippen LogP contribution in [0.1, 0.15) is 23.5 Å². The van der Waals surface area contributed by atoms with Crippen LogP contribution in [0.3, 0.4) is 0 Å². The van der Waals surface area contributed by atoms with E-state index in [0.29, 0.717) is 28.0 Å². The Bertz CT molecular complexity index is 1230. The fourth-order valence-corrected chi connectivity index (χ4v) is 4.00. The summed E-state index contributed by atoms with van der Waals surface area (Å²) in [7, 11) is 0. The smallest absolute Gasteiger partial charge is 0.342 e. The molecule has 2 aliphatic rings. The molecule has 0 radical (unpaired) electrons. The Labute approximate surface area is 204 Å². The summed E-state index contributed by atoms with van der Waals surface area (Å²) in [6.45, 7) is 0.337. The average Bonchev–Trinajstić information content (AvgIpc) is 3.20. The topological polar surface area (TPSA) is 53.9 Å². The molecule has 2 unspecified atom stereocenters. The molecule has 2 amide bonds. The van der Waals surface area contributed by atoms with Gasteiger partial charge in [0, 0.05) is 21.7 Å². The SMILES string of the molecule is O=C(Nc1ccc(OC2CC2(F)F)cc1)N1CC(c2ccc(Cl)cc2)C(c2ccc(Cl)cc2)=N1. The molecule has 1 heterocycles. The zero-order valence-electron chi connectivity index (χ0n) is 17.7. The van der Waals surface area contributed by atoms with E-state index in [4.69, 9.17) is 27.9 Å². The summed E-state index contributed by atoms with van der Waals surface area (Å²) in [4.78, 5) is 13.0. The van der Waals surface area contributed by atoms with Gasteiger partial charge in [-0.3, -0.25) is 0 Å². The highest BCUT2D eigenvalue weighted by atomic mass is 35.5. The number of carbonyl (C=O) groups is 1. The van der Waals surface area contributed by atoms with Gasteiger partial charge >= 0.3 is 6.03 Å². The second-order valence-corrected chi connectivity index (χ2v) is 9.08. The Hall–Kier alpha value is -3.16. The summed E-state index contributed by atoms with van der Waals surface area (Å²) in [5.74, 6) is -2.59. The number of benzene rings is 3.